The Balaban J connectivity index is 2.25. The molecule has 106 valence electrons. The van der Waals surface area contributed by atoms with E-state index in [1.165, 1.54) is 4.57 Å². The third-order valence-electron chi connectivity index (χ3n) is 3.91. The number of likely N-dealkylation sites (tertiary alicyclic amines) is 1. The molecule has 1 aliphatic heterocycles. The summed E-state index contributed by atoms with van der Waals surface area (Å²) in [4.78, 5) is 28.1. The number of anilines is 1. The van der Waals surface area contributed by atoms with Crippen molar-refractivity contribution < 1.29 is 0 Å². The first-order valence-electron chi connectivity index (χ1n) is 6.86. The Bertz CT molecular complexity index is 553. The van der Waals surface area contributed by atoms with Crippen LogP contribution in [0.1, 0.15) is 32.3 Å². The first-order valence-corrected chi connectivity index (χ1v) is 6.86. The Morgan fingerprint density at radius 2 is 1.95 bits per heavy atom. The van der Waals surface area contributed by atoms with E-state index in [1.54, 1.807) is 0 Å². The van der Waals surface area contributed by atoms with Crippen LogP contribution in [0.15, 0.2) is 9.59 Å². The highest BCUT2D eigenvalue weighted by Crippen LogP contribution is 2.18. The molecule has 1 aromatic heterocycles. The normalized spacial score (nSPS) is 17.8. The van der Waals surface area contributed by atoms with Crippen LogP contribution in [0, 0.1) is 5.92 Å². The number of aromatic nitrogens is 2. The summed E-state index contributed by atoms with van der Waals surface area (Å²) in [5.74, 6) is 1.05. The Morgan fingerprint density at radius 3 is 2.53 bits per heavy atom. The van der Waals surface area contributed by atoms with E-state index in [1.807, 2.05) is 6.92 Å². The van der Waals surface area contributed by atoms with E-state index in [0.717, 1.165) is 31.8 Å². The number of nitrogen functional groups attached to an aromatic ring is 1. The zero-order chi connectivity index (χ0) is 14.0. The van der Waals surface area contributed by atoms with Crippen LogP contribution < -0.4 is 17.0 Å². The smallest absolute Gasteiger partial charge is 0.329 e. The fourth-order valence-corrected chi connectivity index (χ4v) is 2.54. The maximum absolute atomic E-state index is 11.9. The molecule has 6 nitrogen and oxygen atoms in total. The quantitative estimate of drug-likeness (QED) is 0.828. The van der Waals surface area contributed by atoms with Gasteiger partial charge in [-0.2, -0.15) is 0 Å². The van der Waals surface area contributed by atoms with Crippen molar-refractivity contribution in [1.82, 2.24) is 14.5 Å². The number of nitrogens with two attached hydrogens (primary N) is 1. The summed E-state index contributed by atoms with van der Waals surface area (Å²) in [5.41, 5.74) is 5.68. The highest BCUT2D eigenvalue weighted by atomic mass is 16.2. The fraction of sp³-hybridized carbons (Fsp3) is 0.692. The van der Waals surface area contributed by atoms with Gasteiger partial charge < -0.3 is 5.73 Å². The second-order valence-electron chi connectivity index (χ2n) is 5.33. The maximum Gasteiger partial charge on any atom is 0.329 e. The number of hydrogen-bond acceptors (Lipinski definition) is 4. The summed E-state index contributed by atoms with van der Waals surface area (Å²) in [6.45, 7) is 7.02. The van der Waals surface area contributed by atoms with Gasteiger partial charge in [0.25, 0.3) is 5.56 Å². The van der Waals surface area contributed by atoms with Gasteiger partial charge in [-0.15, -0.1) is 0 Å². The topological polar surface area (TPSA) is 84.1 Å². The largest absolute Gasteiger partial charge is 0.385 e. The summed E-state index contributed by atoms with van der Waals surface area (Å²) < 4.78 is 1.41. The zero-order valence-electron chi connectivity index (χ0n) is 11.6. The molecule has 0 unspecified atom stereocenters. The van der Waals surface area contributed by atoms with Gasteiger partial charge in [-0.1, -0.05) is 6.92 Å². The molecule has 1 aromatic rings. The van der Waals surface area contributed by atoms with Gasteiger partial charge in [0.05, 0.1) is 5.56 Å². The van der Waals surface area contributed by atoms with Gasteiger partial charge >= 0.3 is 5.69 Å². The highest BCUT2D eigenvalue weighted by molar-refractivity contribution is 5.38. The van der Waals surface area contributed by atoms with Gasteiger partial charge in [0.1, 0.15) is 5.82 Å². The van der Waals surface area contributed by atoms with Gasteiger partial charge in [-0.25, -0.2) is 4.79 Å². The second kappa shape index (κ2) is 5.61. The average Bonchev–Trinajstić information content (AvgIpc) is 2.37. The molecule has 0 amide bonds. The Morgan fingerprint density at radius 1 is 1.32 bits per heavy atom. The number of nitrogens with one attached hydrogen (secondary N) is 1. The van der Waals surface area contributed by atoms with Crippen molar-refractivity contribution in [3.05, 3.63) is 26.4 Å². The van der Waals surface area contributed by atoms with Crippen LogP contribution in [0.4, 0.5) is 5.82 Å². The van der Waals surface area contributed by atoms with Crippen molar-refractivity contribution in [3.8, 4) is 0 Å². The molecule has 0 atom stereocenters. The highest BCUT2D eigenvalue weighted by Gasteiger charge is 2.19. The lowest BCUT2D eigenvalue weighted by atomic mass is 9.99. The molecular formula is C13H22N4O2. The van der Waals surface area contributed by atoms with Crippen LogP contribution in [-0.2, 0) is 13.1 Å². The lowest BCUT2D eigenvalue weighted by Gasteiger charge is -2.30. The molecule has 0 radical (unpaired) electrons. The molecule has 3 N–H and O–H groups in total. The molecule has 6 heteroatoms. The summed E-state index contributed by atoms with van der Waals surface area (Å²) >= 11 is 0. The Labute approximate surface area is 112 Å². The number of rotatable bonds is 3. The minimum absolute atomic E-state index is 0.301. The van der Waals surface area contributed by atoms with Crippen LogP contribution in [0.2, 0.25) is 0 Å². The van der Waals surface area contributed by atoms with Crippen LogP contribution in [-0.4, -0.2) is 27.5 Å². The molecule has 0 saturated carbocycles. The van der Waals surface area contributed by atoms with Crippen molar-refractivity contribution in [2.24, 2.45) is 5.92 Å². The monoisotopic (exact) mass is 266 g/mol. The first kappa shape index (κ1) is 13.9. The lowest BCUT2D eigenvalue weighted by molar-refractivity contribution is 0.184. The molecule has 0 spiro atoms. The Hall–Kier alpha value is -1.56. The van der Waals surface area contributed by atoms with E-state index in [0.29, 0.717) is 24.5 Å². The van der Waals surface area contributed by atoms with Crippen molar-refractivity contribution >= 4 is 5.82 Å². The molecule has 19 heavy (non-hydrogen) atoms. The Kier molecular flexibility index (Phi) is 4.09. The van der Waals surface area contributed by atoms with E-state index in [-0.39, 0.29) is 5.56 Å². The number of aromatic amines is 1. The maximum atomic E-state index is 11.9. The SMILES string of the molecule is CCn1c(N)c(CN2CCC(C)CC2)c(=O)[nH]c1=O. The third-order valence-corrected chi connectivity index (χ3v) is 3.91. The molecular weight excluding hydrogens is 244 g/mol. The van der Waals surface area contributed by atoms with Crippen LogP contribution in [0.25, 0.3) is 0 Å². The molecule has 0 aromatic carbocycles. The van der Waals surface area contributed by atoms with E-state index in [4.69, 9.17) is 5.73 Å². The van der Waals surface area contributed by atoms with Crippen LogP contribution >= 0.6 is 0 Å². The summed E-state index contributed by atoms with van der Waals surface area (Å²) in [7, 11) is 0. The number of hydrogen-bond donors (Lipinski definition) is 2. The number of piperidine rings is 1. The van der Waals surface area contributed by atoms with E-state index in [2.05, 4.69) is 16.8 Å². The molecule has 2 rings (SSSR count). The first-order chi connectivity index (χ1) is 9.02. The third kappa shape index (κ3) is 2.89. The van der Waals surface area contributed by atoms with Gasteiger partial charge in [-0.05, 0) is 38.8 Å². The fourth-order valence-electron chi connectivity index (χ4n) is 2.54. The molecule has 1 aliphatic rings. The molecule has 1 saturated heterocycles. The summed E-state index contributed by atoms with van der Waals surface area (Å²) in [6.07, 6.45) is 2.29. The van der Waals surface area contributed by atoms with Crippen molar-refractivity contribution in [2.45, 2.75) is 39.8 Å². The number of H-pyrrole nitrogens is 1. The van der Waals surface area contributed by atoms with Crippen molar-refractivity contribution in [3.63, 3.8) is 0 Å². The van der Waals surface area contributed by atoms with E-state index < -0.39 is 5.69 Å². The zero-order valence-corrected chi connectivity index (χ0v) is 11.6. The van der Waals surface area contributed by atoms with Crippen LogP contribution in [0.3, 0.4) is 0 Å². The number of nitrogens with zero attached hydrogens (tertiary/aromatic N) is 2. The van der Waals surface area contributed by atoms with Gasteiger partial charge in [0.15, 0.2) is 0 Å². The predicted octanol–water partition coefficient (Wildman–Crippen LogP) is 0.371. The molecule has 0 aliphatic carbocycles. The van der Waals surface area contributed by atoms with Gasteiger partial charge in [0, 0.05) is 13.1 Å². The van der Waals surface area contributed by atoms with E-state index in [9.17, 15) is 9.59 Å². The predicted molar refractivity (Wildman–Crippen MR) is 75.1 cm³/mol. The molecule has 1 fully saturated rings. The lowest BCUT2D eigenvalue weighted by Crippen LogP contribution is -2.39. The molecule has 2 heterocycles. The van der Waals surface area contributed by atoms with Gasteiger partial charge in [0.2, 0.25) is 0 Å². The van der Waals surface area contributed by atoms with Gasteiger partial charge in [-0.3, -0.25) is 19.2 Å². The van der Waals surface area contributed by atoms with Crippen molar-refractivity contribution in [2.75, 3.05) is 18.8 Å². The average molecular weight is 266 g/mol. The van der Waals surface area contributed by atoms with Crippen LogP contribution in [0.5, 0.6) is 0 Å². The second-order valence-corrected chi connectivity index (χ2v) is 5.33. The van der Waals surface area contributed by atoms with Crippen molar-refractivity contribution in [1.29, 1.82) is 0 Å². The van der Waals surface area contributed by atoms with E-state index >= 15 is 0 Å². The minimum Gasteiger partial charge on any atom is -0.385 e. The minimum atomic E-state index is -0.430. The standard InChI is InChI=1S/C13H22N4O2/c1-3-17-11(14)10(12(18)15-13(17)19)8-16-6-4-9(2)5-7-16/h9H,3-8,14H2,1-2H3,(H,15,18,19). The summed E-state index contributed by atoms with van der Waals surface area (Å²) in [6, 6.07) is 0. The summed E-state index contributed by atoms with van der Waals surface area (Å²) in [5, 5.41) is 0. The molecule has 0 bridgehead atoms.